The summed E-state index contributed by atoms with van der Waals surface area (Å²) in [4.78, 5) is 21.1. The highest BCUT2D eigenvalue weighted by atomic mass is 32.1. The zero-order valence-electron chi connectivity index (χ0n) is 13.3. The molecule has 3 rings (SSSR count). The van der Waals surface area contributed by atoms with Gasteiger partial charge in [-0.15, -0.1) is 16.4 Å². The third kappa shape index (κ3) is 4.04. The lowest BCUT2D eigenvalue weighted by molar-refractivity contribution is -0.130. The summed E-state index contributed by atoms with van der Waals surface area (Å²) >= 11 is 1.63. The molecule has 6 nitrogen and oxygen atoms in total. The summed E-state index contributed by atoms with van der Waals surface area (Å²) in [6.45, 7) is 5.29. The lowest BCUT2D eigenvalue weighted by Crippen LogP contribution is -2.36. The molecule has 1 saturated heterocycles. The molecule has 2 aromatic heterocycles. The Hall–Kier alpha value is -2.02. The zero-order chi connectivity index (χ0) is 16.1. The predicted octanol–water partition coefficient (Wildman–Crippen LogP) is 1.78. The van der Waals surface area contributed by atoms with Crippen molar-refractivity contribution in [3.8, 4) is 0 Å². The number of amides is 1. The van der Waals surface area contributed by atoms with Crippen LogP contribution >= 0.6 is 11.3 Å². The molecule has 2 aromatic rings. The number of hydrogen-bond donors (Lipinski definition) is 0. The Morgan fingerprint density at radius 3 is 2.96 bits per heavy atom. The number of hydrogen-bond acceptors (Lipinski definition) is 6. The van der Waals surface area contributed by atoms with E-state index < -0.39 is 0 Å². The van der Waals surface area contributed by atoms with Gasteiger partial charge in [0.25, 0.3) is 0 Å². The molecule has 0 atom stereocenters. The SMILES string of the molecule is CCc1nc(CC(=O)N2CCCN(c3cccnn3)CC2)cs1. The maximum Gasteiger partial charge on any atom is 0.228 e. The average molecular weight is 331 g/mol. The van der Waals surface area contributed by atoms with E-state index in [9.17, 15) is 4.79 Å². The topological polar surface area (TPSA) is 62.2 Å². The summed E-state index contributed by atoms with van der Waals surface area (Å²) in [5, 5.41) is 11.2. The first kappa shape index (κ1) is 15.9. The summed E-state index contributed by atoms with van der Waals surface area (Å²) < 4.78 is 0. The third-order valence-electron chi connectivity index (χ3n) is 3.96. The Balaban J connectivity index is 1.58. The molecule has 1 aliphatic heterocycles. The molecular weight excluding hydrogens is 310 g/mol. The summed E-state index contributed by atoms with van der Waals surface area (Å²) in [5.74, 6) is 1.05. The zero-order valence-corrected chi connectivity index (χ0v) is 14.1. The molecule has 0 radical (unpaired) electrons. The molecular formula is C16H21N5OS. The van der Waals surface area contributed by atoms with Crippen LogP contribution in [0.1, 0.15) is 24.0 Å². The highest BCUT2D eigenvalue weighted by Crippen LogP contribution is 2.14. The number of thiazole rings is 1. The normalized spacial score (nSPS) is 15.5. The number of anilines is 1. The van der Waals surface area contributed by atoms with E-state index in [1.165, 1.54) is 0 Å². The van der Waals surface area contributed by atoms with Crippen LogP contribution in [0.3, 0.4) is 0 Å². The molecule has 1 fully saturated rings. The Bertz CT molecular complexity index is 645. The van der Waals surface area contributed by atoms with E-state index >= 15 is 0 Å². The maximum atomic E-state index is 12.5. The largest absolute Gasteiger partial charge is 0.353 e. The lowest BCUT2D eigenvalue weighted by atomic mass is 10.3. The van der Waals surface area contributed by atoms with E-state index in [4.69, 9.17) is 0 Å². The van der Waals surface area contributed by atoms with Gasteiger partial charge in [-0.05, 0) is 25.0 Å². The number of carbonyl (C=O) groups is 1. The summed E-state index contributed by atoms with van der Waals surface area (Å²) in [6.07, 6.45) is 3.95. The second-order valence-corrected chi connectivity index (χ2v) is 6.51. The van der Waals surface area contributed by atoms with E-state index in [2.05, 4.69) is 27.0 Å². The van der Waals surface area contributed by atoms with Gasteiger partial charge >= 0.3 is 0 Å². The Morgan fingerprint density at radius 2 is 2.22 bits per heavy atom. The van der Waals surface area contributed by atoms with Crippen LogP contribution < -0.4 is 4.90 Å². The van der Waals surface area contributed by atoms with Crippen molar-refractivity contribution < 1.29 is 4.79 Å². The molecule has 0 unspecified atom stereocenters. The van der Waals surface area contributed by atoms with Crippen molar-refractivity contribution in [3.05, 3.63) is 34.4 Å². The van der Waals surface area contributed by atoms with Crippen LogP contribution in [0.4, 0.5) is 5.82 Å². The maximum absolute atomic E-state index is 12.5. The van der Waals surface area contributed by atoms with Crippen molar-refractivity contribution in [2.24, 2.45) is 0 Å². The van der Waals surface area contributed by atoms with Crippen molar-refractivity contribution in [2.45, 2.75) is 26.2 Å². The lowest BCUT2D eigenvalue weighted by Gasteiger charge is -2.22. The second-order valence-electron chi connectivity index (χ2n) is 5.57. The van der Waals surface area contributed by atoms with Crippen molar-refractivity contribution in [2.75, 3.05) is 31.1 Å². The van der Waals surface area contributed by atoms with Gasteiger partial charge in [-0.3, -0.25) is 4.79 Å². The van der Waals surface area contributed by atoms with Crippen LogP contribution in [0.5, 0.6) is 0 Å². The van der Waals surface area contributed by atoms with E-state index in [-0.39, 0.29) is 5.91 Å². The fourth-order valence-electron chi connectivity index (χ4n) is 2.72. The van der Waals surface area contributed by atoms with Crippen LogP contribution in [0.25, 0.3) is 0 Å². The van der Waals surface area contributed by atoms with Crippen molar-refractivity contribution >= 4 is 23.1 Å². The van der Waals surface area contributed by atoms with Gasteiger partial charge < -0.3 is 9.80 Å². The van der Waals surface area contributed by atoms with Gasteiger partial charge in [-0.2, -0.15) is 5.10 Å². The summed E-state index contributed by atoms with van der Waals surface area (Å²) in [7, 11) is 0. The van der Waals surface area contributed by atoms with Crippen molar-refractivity contribution in [1.82, 2.24) is 20.1 Å². The average Bonchev–Trinajstić information content (AvgIpc) is 2.89. The molecule has 3 heterocycles. The minimum absolute atomic E-state index is 0.166. The van der Waals surface area contributed by atoms with Crippen molar-refractivity contribution in [1.29, 1.82) is 0 Å². The molecule has 7 heteroatoms. The minimum Gasteiger partial charge on any atom is -0.353 e. The van der Waals surface area contributed by atoms with Crippen molar-refractivity contribution in [3.63, 3.8) is 0 Å². The molecule has 23 heavy (non-hydrogen) atoms. The third-order valence-corrected chi connectivity index (χ3v) is 5.01. The first-order valence-corrected chi connectivity index (χ1v) is 8.88. The van der Waals surface area contributed by atoms with E-state index in [0.29, 0.717) is 6.42 Å². The number of aryl methyl sites for hydroxylation is 1. The van der Waals surface area contributed by atoms with E-state index in [0.717, 1.165) is 55.5 Å². The van der Waals surface area contributed by atoms with E-state index in [1.54, 1.807) is 17.5 Å². The highest BCUT2D eigenvalue weighted by molar-refractivity contribution is 7.09. The van der Waals surface area contributed by atoms with Crippen LogP contribution in [0, 0.1) is 0 Å². The molecule has 1 amide bonds. The molecule has 0 bridgehead atoms. The molecule has 0 aromatic carbocycles. The van der Waals surface area contributed by atoms with Crippen LogP contribution in [0.2, 0.25) is 0 Å². The summed E-state index contributed by atoms with van der Waals surface area (Å²) in [6, 6.07) is 3.86. The molecule has 0 N–H and O–H groups in total. The first-order valence-electron chi connectivity index (χ1n) is 8.00. The van der Waals surface area contributed by atoms with Gasteiger partial charge in [-0.1, -0.05) is 6.92 Å². The molecule has 1 aliphatic rings. The quantitative estimate of drug-likeness (QED) is 0.854. The Labute approximate surface area is 140 Å². The highest BCUT2D eigenvalue weighted by Gasteiger charge is 2.20. The monoisotopic (exact) mass is 331 g/mol. The first-order chi connectivity index (χ1) is 11.3. The van der Waals surface area contributed by atoms with Gasteiger partial charge in [0.15, 0.2) is 5.82 Å². The Kier molecular flexibility index (Phi) is 5.17. The van der Waals surface area contributed by atoms with Crippen LogP contribution in [-0.4, -0.2) is 52.2 Å². The second kappa shape index (κ2) is 7.50. The number of carbonyl (C=O) groups excluding carboxylic acids is 1. The van der Waals surface area contributed by atoms with Gasteiger partial charge in [-0.25, -0.2) is 4.98 Å². The van der Waals surface area contributed by atoms with Gasteiger partial charge in [0, 0.05) is 37.8 Å². The molecule has 122 valence electrons. The fourth-order valence-corrected chi connectivity index (χ4v) is 3.46. The van der Waals surface area contributed by atoms with Gasteiger partial charge in [0.05, 0.1) is 17.1 Å². The number of rotatable bonds is 4. The van der Waals surface area contributed by atoms with Gasteiger partial charge in [0.2, 0.25) is 5.91 Å². The predicted molar refractivity (Wildman–Crippen MR) is 90.6 cm³/mol. The standard InChI is InChI=1S/C16H21N5OS/c1-2-15-18-13(12-23-15)11-16(22)21-8-4-7-20(9-10-21)14-5-3-6-17-19-14/h3,5-6,12H,2,4,7-11H2,1H3. The van der Waals surface area contributed by atoms with Gasteiger partial charge in [0.1, 0.15) is 0 Å². The smallest absolute Gasteiger partial charge is 0.228 e. The number of aromatic nitrogens is 3. The Morgan fingerprint density at radius 1 is 1.30 bits per heavy atom. The minimum atomic E-state index is 0.166. The molecule has 0 spiro atoms. The van der Waals surface area contributed by atoms with Crippen LogP contribution in [0.15, 0.2) is 23.7 Å². The summed E-state index contributed by atoms with van der Waals surface area (Å²) in [5.41, 5.74) is 0.895. The molecule has 0 aliphatic carbocycles. The van der Waals surface area contributed by atoms with E-state index in [1.807, 2.05) is 22.4 Å². The van der Waals surface area contributed by atoms with Crippen LogP contribution in [-0.2, 0) is 17.6 Å². The molecule has 0 saturated carbocycles. The number of nitrogens with zero attached hydrogens (tertiary/aromatic N) is 5. The fraction of sp³-hybridized carbons (Fsp3) is 0.500.